The van der Waals surface area contributed by atoms with Crippen molar-refractivity contribution in [3.63, 3.8) is 0 Å². The summed E-state index contributed by atoms with van der Waals surface area (Å²) in [5.41, 5.74) is 0.114. The molecule has 2 aliphatic heterocycles. The van der Waals surface area contributed by atoms with E-state index in [0.717, 1.165) is 18.2 Å². The van der Waals surface area contributed by atoms with Crippen LogP contribution in [-0.4, -0.2) is 47.2 Å². The Hall–Kier alpha value is -3.36. The standard InChI is InChI=1S/C22H22F2N4O3/c23-16-10-17(24)12-18(11-16)28-13-15(9-20(28)29)22(31)27-7-4-14(5-8-27)21(30)26-19-3-1-2-6-25-19/h1-3,6,10-12,14-15H,4-5,7-9,13H2,(H,25,26,30). The highest BCUT2D eigenvalue weighted by Gasteiger charge is 2.39. The lowest BCUT2D eigenvalue weighted by Gasteiger charge is -2.32. The maximum atomic E-state index is 13.5. The molecule has 2 saturated heterocycles. The molecule has 1 aromatic carbocycles. The van der Waals surface area contributed by atoms with E-state index in [-0.39, 0.29) is 42.3 Å². The molecule has 4 rings (SSSR count). The van der Waals surface area contributed by atoms with Crippen molar-refractivity contribution in [3.8, 4) is 0 Å². The number of hydrogen-bond donors (Lipinski definition) is 1. The lowest BCUT2D eigenvalue weighted by molar-refractivity contribution is -0.138. The maximum Gasteiger partial charge on any atom is 0.228 e. The van der Waals surface area contributed by atoms with Gasteiger partial charge in [0.1, 0.15) is 17.5 Å². The fourth-order valence-electron chi connectivity index (χ4n) is 4.10. The molecule has 0 bridgehead atoms. The number of piperidine rings is 1. The van der Waals surface area contributed by atoms with Gasteiger partial charge in [-0.15, -0.1) is 0 Å². The molecule has 0 saturated carbocycles. The quantitative estimate of drug-likeness (QED) is 0.812. The van der Waals surface area contributed by atoms with Crippen LogP contribution in [0.25, 0.3) is 0 Å². The second kappa shape index (κ2) is 8.79. The molecule has 1 atom stereocenters. The molecule has 0 radical (unpaired) electrons. The maximum absolute atomic E-state index is 13.5. The van der Waals surface area contributed by atoms with Gasteiger partial charge in [-0.2, -0.15) is 0 Å². The van der Waals surface area contributed by atoms with E-state index in [9.17, 15) is 23.2 Å². The first-order valence-corrected chi connectivity index (χ1v) is 10.2. The number of nitrogens with one attached hydrogen (secondary N) is 1. The molecule has 0 spiro atoms. The molecule has 1 aromatic heterocycles. The van der Waals surface area contributed by atoms with Gasteiger partial charge in [0.2, 0.25) is 17.7 Å². The molecule has 2 fully saturated rings. The van der Waals surface area contributed by atoms with Gasteiger partial charge in [0.05, 0.1) is 5.92 Å². The summed E-state index contributed by atoms with van der Waals surface area (Å²) < 4.78 is 27.0. The number of aromatic nitrogens is 1. The van der Waals surface area contributed by atoms with Crippen LogP contribution in [0.5, 0.6) is 0 Å². The first-order valence-electron chi connectivity index (χ1n) is 10.2. The highest BCUT2D eigenvalue weighted by atomic mass is 19.1. The molecule has 9 heteroatoms. The van der Waals surface area contributed by atoms with Crippen LogP contribution in [0.3, 0.4) is 0 Å². The van der Waals surface area contributed by atoms with E-state index in [0.29, 0.717) is 31.7 Å². The predicted octanol–water partition coefficient (Wildman–Crippen LogP) is 2.59. The minimum absolute atomic E-state index is 0.00292. The average Bonchev–Trinajstić information content (AvgIpc) is 3.15. The number of anilines is 2. The average molecular weight is 428 g/mol. The van der Waals surface area contributed by atoms with Crippen molar-refractivity contribution in [2.75, 3.05) is 29.9 Å². The number of amides is 3. The largest absolute Gasteiger partial charge is 0.342 e. The number of rotatable bonds is 4. The summed E-state index contributed by atoms with van der Waals surface area (Å²) in [7, 11) is 0. The molecule has 2 aliphatic rings. The number of hydrogen-bond acceptors (Lipinski definition) is 4. The Morgan fingerprint density at radius 1 is 1.03 bits per heavy atom. The SMILES string of the molecule is O=C(Nc1ccccn1)C1CCN(C(=O)C2CC(=O)N(c3cc(F)cc(F)c3)C2)CC1. The zero-order valence-corrected chi connectivity index (χ0v) is 16.8. The number of likely N-dealkylation sites (tertiary alicyclic amines) is 1. The van der Waals surface area contributed by atoms with E-state index >= 15 is 0 Å². The molecule has 2 aromatic rings. The number of benzene rings is 1. The monoisotopic (exact) mass is 428 g/mol. The molecule has 162 valence electrons. The first kappa shape index (κ1) is 20.9. The van der Waals surface area contributed by atoms with Crippen molar-refractivity contribution in [2.45, 2.75) is 19.3 Å². The first-order chi connectivity index (χ1) is 14.9. The summed E-state index contributed by atoms with van der Waals surface area (Å²) in [5.74, 6) is -2.48. The fourth-order valence-corrected chi connectivity index (χ4v) is 4.10. The van der Waals surface area contributed by atoms with Crippen molar-refractivity contribution in [1.29, 1.82) is 0 Å². The Balaban J connectivity index is 1.32. The molecule has 7 nitrogen and oxygen atoms in total. The van der Waals surface area contributed by atoms with Gasteiger partial charge in [-0.3, -0.25) is 14.4 Å². The van der Waals surface area contributed by atoms with Crippen LogP contribution < -0.4 is 10.2 Å². The molecule has 3 heterocycles. The lowest BCUT2D eigenvalue weighted by Crippen LogP contribution is -2.44. The minimum atomic E-state index is -0.774. The van der Waals surface area contributed by atoms with Gasteiger partial charge < -0.3 is 15.1 Å². The smallest absolute Gasteiger partial charge is 0.228 e. The van der Waals surface area contributed by atoms with Crippen molar-refractivity contribution >= 4 is 29.2 Å². The van der Waals surface area contributed by atoms with Gasteiger partial charge in [0.15, 0.2) is 0 Å². The molecule has 31 heavy (non-hydrogen) atoms. The second-order valence-corrected chi connectivity index (χ2v) is 7.84. The van der Waals surface area contributed by atoms with E-state index in [1.807, 2.05) is 0 Å². The molecule has 1 unspecified atom stereocenters. The van der Waals surface area contributed by atoms with Crippen LogP contribution in [0.15, 0.2) is 42.6 Å². The Labute approximate surface area is 178 Å². The van der Waals surface area contributed by atoms with Crippen LogP contribution in [-0.2, 0) is 14.4 Å². The van der Waals surface area contributed by atoms with E-state index in [1.165, 1.54) is 4.90 Å². The molecular formula is C22H22F2N4O3. The Morgan fingerprint density at radius 3 is 2.39 bits per heavy atom. The van der Waals surface area contributed by atoms with Crippen LogP contribution in [0.2, 0.25) is 0 Å². The molecular weight excluding hydrogens is 406 g/mol. The number of carbonyl (C=O) groups excluding carboxylic acids is 3. The van der Waals surface area contributed by atoms with Crippen LogP contribution >= 0.6 is 0 Å². The summed E-state index contributed by atoms with van der Waals surface area (Å²) in [5, 5.41) is 2.78. The van der Waals surface area contributed by atoms with E-state index in [4.69, 9.17) is 0 Å². The van der Waals surface area contributed by atoms with Crippen molar-refractivity contribution in [3.05, 3.63) is 54.2 Å². The van der Waals surface area contributed by atoms with Gasteiger partial charge in [-0.1, -0.05) is 6.07 Å². The highest BCUT2D eigenvalue weighted by Crippen LogP contribution is 2.29. The zero-order valence-electron chi connectivity index (χ0n) is 16.8. The van der Waals surface area contributed by atoms with Gasteiger partial charge in [-0.25, -0.2) is 13.8 Å². The van der Waals surface area contributed by atoms with Gasteiger partial charge in [-0.05, 0) is 37.1 Å². The number of halogens is 2. The lowest BCUT2D eigenvalue weighted by atomic mass is 9.94. The van der Waals surface area contributed by atoms with E-state index < -0.39 is 17.6 Å². The molecule has 1 N–H and O–H groups in total. The summed E-state index contributed by atoms with van der Waals surface area (Å²) in [6, 6.07) is 8.16. The summed E-state index contributed by atoms with van der Waals surface area (Å²) in [6.45, 7) is 0.914. The third-order valence-electron chi connectivity index (χ3n) is 5.73. The Morgan fingerprint density at radius 2 is 1.74 bits per heavy atom. The molecule has 3 amide bonds. The van der Waals surface area contributed by atoms with Crippen molar-refractivity contribution < 1.29 is 23.2 Å². The van der Waals surface area contributed by atoms with Crippen LogP contribution in [0.4, 0.5) is 20.3 Å². The van der Waals surface area contributed by atoms with Gasteiger partial charge >= 0.3 is 0 Å². The van der Waals surface area contributed by atoms with Crippen LogP contribution in [0.1, 0.15) is 19.3 Å². The third-order valence-corrected chi connectivity index (χ3v) is 5.73. The van der Waals surface area contributed by atoms with E-state index in [2.05, 4.69) is 10.3 Å². The fraction of sp³-hybridized carbons (Fsp3) is 0.364. The highest BCUT2D eigenvalue weighted by molar-refractivity contribution is 6.00. The summed E-state index contributed by atoms with van der Waals surface area (Å²) >= 11 is 0. The second-order valence-electron chi connectivity index (χ2n) is 7.84. The minimum Gasteiger partial charge on any atom is -0.342 e. The number of carbonyl (C=O) groups is 3. The Bertz CT molecular complexity index is 973. The van der Waals surface area contributed by atoms with E-state index in [1.54, 1.807) is 29.3 Å². The number of nitrogens with zero attached hydrogens (tertiary/aromatic N) is 3. The van der Waals surface area contributed by atoms with Crippen molar-refractivity contribution in [1.82, 2.24) is 9.88 Å². The third kappa shape index (κ3) is 4.70. The summed E-state index contributed by atoms with van der Waals surface area (Å²) in [6.07, 6.45) is 2.63. The molecule has 0 aliphatic carbocycles. The zero-order chi connectivity index (χ0) is 22.0. The van der Waals surface area contributed by atoms with Gasteiger partial charge in [0.25, 0.3) is 0 Å². The summed E-state index contributed by atoms with van der Waals surface area (Å²) in [4.78, 5) is 44.7. The van der Waals surface area contributed by atoms with Gasteiger partial charge in [0, 0.05) is 49.9 Å². The van der Waals surface area contributed by atoms with Crippen LogP contribution in [0, 0.1) is 23.5 Å². The topological polar surface area (TPSA) is 82.6 Å². The van der Waals surface area contributed by atoms with Crippen molar-refractivity contribution in [2.24, 2.45) is 11.8 Å². The predicted molar refractivity (Wildman–Crippen MR) is 109 cm³/mol. The Kier molecular flexibility index (Phi) is 5.92. The number of pyridine rings is 1. The normalized spacial score (nSPS) is 19.5.